The maximum atomic E-state index is 13.5. The van der Waals surface area contributed by atoms with Gasteiger partial charge in [-0.25, -0.2) is 13.6 Å². The van der Waals surface area contributed by atoms with Crippen LogP contribution in [-0.2, 0) is 19.4 Å². The smallest absolute Gasteiger partial charge is 0.407 e. The Hall–Kier alpha value is -2.84. The van der Waals surface area contributed by atoms with Gasteiger partial charge in [-0.05, 0) is 61.3 Å². The third-order valence-electron chi connectivity index (χ3n) is 8.40. The van der Waals surface area contributed by atoms with Crippen LogP contribution in [0.25, 0.3) is 0 Å². The number of halogens is 2. The Balaban J connectivity index is 1.29. The zero-order valence-corrected chi connectivity index (χ0v) is 21.9. The molecule has 8 heteroatoms. The Bertz CT molecular complexity index is 1130. The van der Waals surface area contributed by atoms with Crippen molar-refractivity contribution in [2.45, 2.75) is 82.0 Å². The second-order valence-electron chi connectivity index (χ2n) is 11.0. The lowest BCUT2D eigenvalue weighted by molar-refractivity contribution is -0.0401. The molecular formula is C30H38F2N4O2. The number of carbonyl (C=O) groups is 1. The van der Waals surface area contributed by atoms with Crippen LogP contribution in [0.1, 0.15) is 67.0 Å². The molecule has 2 atom stereocenters. The van der Waals surface area contributed by atoms with Crippen molar-refractivity contribution in [3.05, 3.63) is 77.1 Å². The van der Waals surface area contributed by atoms with Gasteiger partial charge in [0.2, 0.25) is 5.92 Å². The number of benzene rings is 1. The molecule has 1 aromatic heterocycles. The summed E-state index contributed by atoms with van der Waals surface area (Å²) in [6.45, 7) is 2.35. The number of hydrogen-bond donors (Lipinski definition) is 2. The van der Waals surface area contributed by atoms with Gasteiger partial charge in [0.05, 0.1) is 17.8 Å². The normalized spacial score (nSPS) is 23.4. The van der Waals surface area contributed by atoms with Crippen LogP contribution in [0.15, 0.2) is 54.7 Å². The van der Waals surface area contributed by atoms with E-state index in [0.29, 0.717) is 45.4 Å². The Morgan fingerprint density at radius 3 is 2.66 bits per heavy atom. The van der Waals surface area contributed by atoms with Gasteiger partial charge in [-0.3, -0.25) is 14.8 Å². The summed E-state index contributed by atoms with van der Waals surface area (Å²) in [4.78, 5) is 21.0. The number of aryl methyl sites for hydroxylation is 1. The first-order valence-electron chi connectivity index (χ1n) is 13.9. The molecule has 2 N–H and O–H groups in total. The van der Waals surface area contributed by atoms with Gasteiger partial charge in [-0.15, -0.1) is 0 Å². The predicted molar refractivity (Wildman–Crippen MR) is 143 cm³/mol. The van der Waals surface area contributed by atoms with Crippen LogP contribution in [0.4, 0.5) is 13.6 Å². The Labute approximate surface area is 223 Å². The van der Waals surface area contributed by atoms with E-state index in [1.54, 1.807) is 4.90 Å². The molecule has 1 fully saturated rings. The van der Waals surface area contributed by atoms with Crippen LogP contribution >= 0.6 is 0 Å². The van der Waals surface area contributed by atoms with Crippen LogP contribution in [-0.4, -0.2) is 63.6 Å². The highest BCUT2D eigenvalue weighted by Crippen LogP contribution is 2.35. The number of nitrogens with one attached hydrogen (secondary N) is 1. The second-order valence-corrected chi connectivity index (χ2v) is 11.0. The number of pyridine rings is 1. The average molecular weight is 525 g/mol. The SMILES string of the molecule is O=C(O)N1Cc2ccccc2C[C@@H]1CN(C/C=C/CNC1CCC(F)(F)CC1)[C@H]1CCCc2cccnc21. The fourth-order valence-corrected chi connectivity index (χ4v) is 6.29. The summed E-state index contributed by atoms with van der Waals surface area (Å²) in [5.74, 6) is -2.51. The van der Waals surface area contributed by atoms with Crippen LogP contribution in [0, 0.1) is 0 Å². The maximum Gasteiger partial charge on any atom is 0.407 e. The molecule has 2 heterocycles. The van der Waals surface area contributed by atoms with Crippen LogP contribution in [0.3, 0.4) is 0 Å². The van der Waals surface area contributed by atoms with E-state index in [1.807, 2.05) is 30.5 Å². The molecule has 1 saturated carbocycles. The number of carboxylic acid groups (broad SMARTS) is 1. The summed E-state index contributed by atoms with van der Waals surface area (Å²) in [5, 5.41) is 13.4. The zero-order chi connectivity index (χ0) is 26.5. The minimum absolute atomic E-state index is 0.0408. The highest BCUT2D eigenvalue weighted by molar-refractivity contribution is 5.66. The maximum absolute atomic E-state index is 13.5. The molecule has 1 aromatic carbocycles. The number of aromatic nitrogens is 1. The summed E-state index contributed by atoms with van der Waals surface area (Å²) in [6, 6.07) is 12.4. The van der Waals surface area contributed by atoms with Crippen molar-refractivity contribution in [1.29, 1.82) is 0 Å². The van der Waals surface area contributed by atoms with Crippen LogP contribution in [0.2, 0.25) is 0 Å². The fraction of sp³-hybridized carbons (Fsp3) is 0.533. The lowest BCUT2D eigenvalue weighted by atomic mass is 9.89. The van der Waals surface area contributed by atoms with Gasteiger partial charge in [0, 0.05) is 51.3 Å². The number of nitrogens with zero attached hydrogens (tertiary/aromatic N) is 3. The standard InChI is InChI=1S/C30H38F2N4O2/c31-30(32)14-12-25(13-15-30)33-16-3-4-18-35(27-11-5-9-22-10-6-17-34-28(22)27)21-26-19-23-7-1-2-8-24(23)20-36(26)29(37)38/h1-4,6-8,10,17,25-27,33H,5,9,11-16,18-21H2,(H,37,38)/b4-3+/t26-,27+/m1/s1. The highest BCUT2D eigenvalue weighted by Gasteiger charge is 2.35. The summed E-state index contributed by atoms with van der Waals surface area (Å²) < 4.78 is 26.9. The molecular weight excluding hydrogens is 486 g/mol. The number of fused-ring (bicyclic) bond motifs is 2. The number of rotatable bonds is 8. The van der Waals surface area contributed by atoms with E-state index in [-0.39, 0.29) is 31.0 Å². The molecule has 0 bridgehead atoms. The van der Waals surface area contributed by atoms with E-state index in [0.717, 1.165) is 30.5 Å². The molecule has 6 nitrogen and oxygen atoms in total. The Morgan fingerprint density at radius 2 is 1.87 bits per heavy atom. The predicted octanol–water partition coefficient (Wildman–Crippen LogP) is 5.59. The quantitative estimate of drug-likeness (QED) is 0.441. The molecule has 1 amide bonds. The summed E-state index contributed by atoms with van der Waals surface area (Å²) in [7, 11) is 0. The van der Waals surface area contributed by atoms with Crippen molar-refractivity contribution in [2.24, 2.45) is 0 Å². The summed E-state index contributed by atoms with van der Waals surface area (Å²) in [6.07, 6.45) is 9.88. The monoisotopic (exact) mass is 524 g/mol. The lowest BCUT2D eigenvalue weighted by Gasteiger charge is -2.41. The molecule has 2 aromatic rings. The van der Waals surface area contributed by atoms with Gasteiger partial charge in [0.15, 0.2) is 0 Å². The van der Waals surface area contributed by atoms with Crippen molar-refractivity contribution in [3.8, 4) is 0 Å². The third kappa shape index (κ3) is 6.41. The first kappa shape index (κ1) is 26.8. The second kappa shape index (κ2) is 11.9. The van der Waals surface area contributed by atoms with Crippen molar-refractivity contribution in [2.75, 3.05) is 19.6 Å². The Kier molecular flexibility index (Phi) is 8.39. The zero-order valence-electron chi connectivity index (χ0n) is 21.9. The van der Waals surface area contributed by atoms with Gasteiger partial charge < -0.3 is 10.4 Å². The first-order valence-corrected chi connectivity index (χ1v) is 13.9. The van der Waals surface area contributed by atoms with Gasteiger partial charge in [0.25, 0.3) is 0 Å². The van der Waals surface area contributed by atoms with E-state index in [4.69, 9.17) is 4.98 Å². The van der Waals surface area contributed by atoms with Gasteiger partial charge in [-0.1, -0.05) is 42.5 Å². The van der Waals surface area contributed by atoms with E-state index in [2.05, 4.69) is 34.5 Å². The fourth-order valence-electron chi connectivity index (χ4n) is 6.29. The highest BCUT2D eigenvalue weighted by atomic mass is 19.3. The van der Waals surface area contributed by atoms with Crippen molar-refractivity contribution < 1.29 is 18.7 Å². The molecule has 1 aliphatic heterocycles. The minimum Gasteiger partial charge on any atom is -0.465 e. The molecule has 3 aliphatic rings. The molecule has 2 aliphatic carbocycles. The molecule has 38 heavy (non-hydrogen) atoms. The lowest BCUT2D eigenvalue weighted by Crippen LogP contribution is -2.50. The van der Waals surface area contributed by atoms with E-state index in [9.17, 15) is 18.7 Å². The summed E-state index contributed by atoms with van der Waals surface area (Å²) in [5.41, 5.74) is 4.67. The van der Waals surface area contributed by atoms with Gasteiger partial charge in [0.1, 0.15) is 0 Å². The van der Waals surface area contributed by atoms with E-state index in [1.165, 1.54) is 11.1 Å². The third-order valence-corrected chi connectivity index (χ3v) is 8.40. The molecule has 0 unspecified atom stereocenters. The Morgan fingerprint density at radius 1 is 1.11 bits per heavy atom. The van der Waals surface area contributed by atoms with E-state index < -0.39 is 12.0 Å². The molecule has 204 valence electrons. The largest absolute Gasteiger partial charge is 0.465 e. The van der Waals surface area contributed by atoms with Crippen LogP contribution in [0.5, 0.6) is 0 Å². The van der Waals surface area contributed by atoms with Gasteiger partial charge in [-0.2, -0.15) is 0 Å². The molecule has 0 spiro atoms. The van der Waals surface area contributed by atoms with E-state index >= 15 is 0 Å². The minimum atomic E-state index is -2.51. The average Bonchev–Trinajstić information content (AvgIpc) is 2.92. The first-order chi connectivity index (χ1) is 18.4. The topological polar surface area (TPSA) is 68.7 Å². The number of amides is 1. The van der Waals surface area contributed by atoms with Gasteiger partial charge >= 0.3 is 6.09 Å². The van der Waals surface area contributed by atoms with Crippen LogP contribution < -0.4 is 5.32 Å². The molecule has 5 rings (SSSR count). The number of alkyl halides is 2. The van der Waals surface area contributed by atoms with Crippen molar-refractivity contribution >= 4 is 6.09 Å². The van der Waals surface area contributed by atoms with Crippen molar-refractivity contribution in [1.82, 2.24) is 20.1 Å². The molecule has 0 saturated heterocycles. The number of hydrogen-bond acceptors (Lipinski definition) is 4. The summed E-state index contributed by atoms with van der Waals surface area (Å²) >= 11 is 0. The molecule has 0 radical (unpaired) electrons. The van der Waals surface area contributed by atoms with Crippen molar-refractivity contribution in [3.63, 3.8) is 0 Å².